The number of rotatable bonds is 6. The van der Waals surface area contributed by atoms with Crippen molar-refractivity contribution >= 4 is 62.9 Å². The van der Waals surface area contributed by atoms with Gasteiger partial charge in [0.1, 0.15) is 5.76 Å². The second kappa shape index (κ2) is 10.4. The third-order valence-corrected chi connectivity index (χ3v) is 6.46. The van der Waals surface area contributed by atoms with Crippen molar-refractivity contribution in [1.29, 1.82) is 0 Å². The minimum Gasteiger partial charge on any atom is -0.493 e. The van der Waals surface area contributed by atoms with Crippen molar-refractivity contribution in [3.05, 3.63) is 69.7 Å². The van der Waals surface area contributed by atoms with Gasteiger partial charge in [-0.05, 0) is 54.7 Å². The molecule has 0 saturated heterocycles. The number of furan rings is 1. The zero-order chi connectivity index (χ0) is 24.2. The van der Waals surface area contributed by atoms with Crippen LogP contribution in [0.3, 0.4) is 0 Å². The Morgan fingerprint density at radius 1 is 1.09 bits per heavy atom. The molecule has 0 radical (unpaired) electrons. The van der Waals surface area contributed by atoms with E-state index >= 15 is 0 Å². The Morgan fingerprint density at radius 2 is 1.88 bits per heavy atom. The minimum atomic E-state index is -0.515. The van der Waals surface area contributed by atoms with Gasteiger partial charge >= 0.3 is 0 Å². The number of anilines is 1. The van der Waals surface area contributed by atoms with Crippen molar-refractivity contribution in [3.8, 4) is 34.1 Å². The molecule has 0 saturated carbocycles. The lowest BCUT2D eigenvalue weighted by Crippen LogP contribution is -2.33. The first kappa shape index (κ1) is 24.0. The summed E-state index contributed by atoms with van der Waals surface area (Å²) in [6, 6.07) is 13.8. The van der Waals surface area contributed by atoms with Crippen LogP contribution in [0, 0.1) is 0 Å². The third kappa shape index (κ3) is 5.18. The van der Waals surface area contributed by atoms with Gasteiger partial charge < -0.3 is 19.2 Å². The Bertz CT molecular complexity index is 1370. The van der Waals surface area contributed by atoms with Crippen LogP contribution in [0.25, 0.3) is 22.6 Å². The van der Waals surface area contributed by atoms with Crippen LogP contribution in [0.5, 0.6) is 11.5 Å². The number of ether oxygens (including phenoxy) is 2. The number of hydrogen-bond acceptors (Lipinski definition) is 7. The van der Waals surface area contributed by atoms with E-state index in [1.165, 1.54) is 17.4 Å². The highest BCUT2D eigenvalue weighted by molar-refractivity contribution is 7.80. The fourth-order valence-corrected chi connectivity index (χ4v) is 4.42. The van der Waals surface area contributed by atoms with Gasteiger partial charge in [0.05, 0.1) is 30.0 Å². The smallest absolute Gasteiger partial charge is 0.293 e. The van der Waals surface area contributed by atoms with E-state index in [1.54, 1.807) is 44.6 Å². The summed E-state index contributed by atoms with van der Waals surface area (Å²) in [7, 11) is 3.15. The number of thiazole rings is 1. The second-order valence-corrected chi connectivity index (χ2v) is 8.83. The molecule has 0 fully saturated rings. The predicted molar refractivity (Wildman–Crippen MR) is 139 cm³/mol. The topological polar surface area (TPSA) is 85.6 Å². The van der Waals surface area contributed by atoms with E-state index < -0.39 is 5.91 Å². The van der Waals surface area contributed by atoms with Gasteiger partial charge in [0.15, 0.2) is 27.5 Å². The van der Waals surface area contributed by atoms with Crippen LogP contribution in [0.2, 0.25) is 10.0 Å². The number of carbonyl (C=O) groups excluding carboxylic acids is 1. The molecule has 0 aliphatic carbocycles. The molecule has 7 nitrogen and oxygen atoms in total. The fraction of sp³-hybridized carbons (Fsp3) is 0.0870. The number of thiocarbonyl (C=S) groups is 1. The summed E-state index contributed by atoms with van der Waals surface area (Å²) in [5, 5.41) is 8.68. The van der Waals surface area contributed by atoms with Gasteiger partial charge in [-0.15, -0.1) is 11.3 Å². The molecule has 2 heterocycles. The van der Waals surface area contributed by atoms with E-state index in [2.05, 4.69) is 15.6 Å². The maximum Gasteiger partial charge on any atom is 0.293 e. The summed E-state index contributed by atoms with van der Waals surface area (Å²) < 4.78 is 16.2. The second-order valence-electron chi connectivity index (χ2n) is 6.78. The minimum absolute atomic E-state index is 0.0698. The van der Waals surface area contributed by atoms with Gasteiger partial charge in [-0.25, -0.2) is 4.98 Å². The first-order valence-electron chi connectivity index (χ1n) is 9.74. The number of carbonyl (C=O) groups is 1. The van der Waals surface area contributed by atoms with E-state index in [9.17, 15) is 4.79 Å². The number of hydrogen-bond donors (Lipinski definition) is 2. The molecule has 0 spiro atoms. The molecular formula is C23H17Cl2N3O4S2. The Kier molecular flexibility index (Phi) is 7.38. The summed E-state index contributed by atoms with van der Waals surface area (Å²) in [6.45, 7) is 0. The first-order valence-corrected chi connectivity index (χ1v) is 11.8. The molecule has 4 rings (SSSR count). The summed E-state index contributed by atoms with van der Waals surface area (Å²) in [4.78, 5) is 17.1. The molecule has 2 N–H and O–H groups in total. The molecule has 0 aliphatic rings. The van der Waals surface area contributed by atoms with Crippen LogP contribution >= 0.6 is 46.8 Å². The number of methoxy groups -OCH3 is 2. The highest BCUT2D eigenvalue weighted by Gasteiger charge is 2.17. The Balaban J connectivity index is 1.41. The monoisotopic (exact) mass is 533 g/mol. The number of nitrogens with one attached hydrogen (secondary N) is 2. The van der Waals surface area contributed by atoms with Crippen LogP contribution in [0.1, 0.15) is 10.6 Å². The van der Waals surface area contributed by atoms with Crippen LogP contribution in [0.15, 0.2) is 58.3 Å². The Hall–Kier alpha value is -3.11. The molecule has 1 amide bonds. The van der Waals surface area contributed by atoms with Gasteiger partial charge in [0, 0.05) is 16.5 Å². The van der Waals surface area contributed by atoms with E-state index in [0.29, 0.717) is 38.0 Å². The van der Waals surface area contributed by atoms with Crippen LogP contribution < -0.4 is 20.1 Å². The van der Waals surface area contributed by atoms with Crippen molar-refractivity contribution in [3.63, 3.8) is 0 Å². The lowest BCUT2D eigenvalue weighted by atomic mass is 10.1. The summed E-state index contributed by atoms with van der Waals surface area (Å²) in [5.74, 6) is 1.19. The SMILES string of the molecule is COc1ccc(-c2csc(NC(=S)NC(=O)c3ccc(-c4cccc(Cl)c4Cl)o3)n2)cc1OC. The highest BCUT2D eigenvalue weighted by atomic mass is 35.5. The normalized spacial score (nSPS) is 10.6. The number of nitrogens with zero attached hydrogens (tertiary/aromatic N) is 1. The fourth-order valence-electron chi connectivity index (χ4n) is 3.05. The average molecular weight is 534 g/mol. The largest absolute Gasteiger partial charge is 0.493 e. The average Bonchev–Trinajstić information content (AvgIpc) is 3.50. The highest BCUT2D eigenvalue weighted by Crippen LogP contribution is 2.35. The molecule has 2 aromatic carbocycles. The molecule has 0 bridgehead atoms. The molecule has 34 heavy (non-hydrogen) atoms. The lowest BCUT2D eigenvalue weighted by Gasteiger charge is -2.08. The van der Waals surface area contributed by atoms with Gasteiger partial charge in [0.2, 0.25) is 0 Å². The first-order chi connectivity index (χ1) is 16.4. The van der Waals surface area contributed by atoms with Crippen molar-refractivity contribution in [2.45, 2.75) is 0 Å². The maximum atomic E-state index is 12.6. The van der Waals surface area contributed by atoms with Crippen LogP contribution in [-0.2, 0) is 0 Å². The summed E-state index contributed by atoms with van der Waals surface area (Å²) >= 11 is 18.9. The van der Waals surface area contributed by atoms with E-state index in [-0.39, 0.29) is 10.9 Å². The number of halogens is 2. The van der Waals surface area contributed by atoms with Crippen molar-refractivity contribution in [1.82, 2.24) is 10.3 Å². The quantitative estimate of drug-likeness (QED) is 0.273. The standard InChI is InChI=1S/C23H17Cl2N3O4S2/c1-30-17-7-6-12(10-19(17)31-2)15-11-34-23(26-15)28-22(33)27-21(29)18-9-8-16(32-18)13-4-3-5-14(24)20(13)25/h3-11H,1-2H3,(H2,26,27,28,29,33). The van der Waals surface area contributed by atoms with E-state index in [1.807, 2.05) is 17.5 Å². The molecular weight excluding hydrogens is 517 g/mol. The van der Waals surface area contributed by atoms with Crippen molar-refractivity contribution < 1.29 is 18.7 Å². The molecule has 2 aromatic heterocycles. The Labute approximate surface area is 214 Å². The van der Waals surface area contributed by atoms with Gasteiger partial charge in [-0.3, -0.25) is 10.1 Å². The molecule has 0 unspecified atom stereocenters. The molecule has 11 heteroatoms. The zero-order valence-corrected chi connectivity index (χ0v) is 21.0. The lowest BCUT2D eigenvalue weighted by molar-refractivity contribution is 0.0951. The molecule has 174 valence electrons. The van der Waals surface area contributed by atoms with Crippen molar-refractivity contribution in [2.24, 2.45) is 0 Å². The summed E-state index contributed by atoms with van der Waals surface area (Å²) in [6.07, 6.45) is 0. The molecule has 0 atom stereocenters. The van der Waals surface area contributed by atoms with E-state index in [4.69, 9.17) is 49.3 Å². The van der Waals surface area contributed by atoms with E-state index in [0.717, 1.165) is 11.3 Å². The number of aromatic nitrogens is 1. The van der Waals surface area contributed by atoms with Gasteiger partial charge in [0.25, 0.3) is 5.91 Å². The van der Waals surface area contributed by atoms with Crippen LogP contribution in [-0.4, -0.2) is 30.2 Å². The number of amides is 1. The van der Waals surface area contributed by atoms with Crippen molar-refractivity contribution in [2.75, 3.05) is 19.5 Å². The Morgan fingerprint density at radius 3 is 2.65 bits per heavy atom. The predicted octanol–water partition coefficient (Wildman–Crippen LogP) is 6.52. The maximum absolute atomic E-state index is 12.6. The molecule has 0 aliphatic heterocycles. The summed E-state index contributed by atoms with van der Waals surface area (Å²) in [5.41, 5.74) is 2.15. The third-order valence-electron chi connectivity index (χ3n) is 4.68. The van der Waals surface area contributed by atoms with Gasteiger partial charge in [-0.1, -0.05) is 29.3 Å². The van der Waals surface area contributed by atoms with Crippen LogP contribution in [0.4, 0.5) is 5.13 Å². The number of benzene rings is 2. The molecule has 4 aromatic rings. The van der Waals surface area contributed by atoms with Gasteiger partial charge in [-0.2, -0.15) is 0 Å². The zero-order valence-electron chi connectivity index (χ0n) is 17.8.